The van der Waals surface area contributed by atoms with E-state index in [9.17, 15) is 14.7 Å². The lowest BCUT2D eigenvalue weighted by Gasteiger charge is -2.15. The van der Waals surface area contributed by atoms with E-state index in [-0.39, 0.29) is 11.3 Å². The summed E-state index contributed by atoms with van der Waals surface area (Å²) in [5, 5.41) is 12.1. The van der Waals surface area contributed by atoms with Crippen molar-refractivity contribution in [3.8, 4) is 11.5 Å². The SMILES string of the molecule is COc1ccc(C)cc1NC(=O)[C@H](C)OC(=O)c1cccc(O)c1. The van der Waals surface area contributed by atoms with Gasteiger partial charge in [-0.2, -0.15) is 0 Å². The van der Waals surface area contributed by atoms with Gasteiger partial charge in [-0.15, -0.1) is 0 Å². The molecule has 6 nitrogen and oxygen atoms in total. The lowest BCUT2D eigenvalue weighted by atomic mass is 10.2. The molecule has 1 amide bonds. The first-order valence-corrected chi connectivity index (χ1v) is 7.36. The van der Waals surface area contributed by atoms with Crippen molar-refractivity contribution in [2.24, 2.45) is 0 Å². The van der Waals surface area contributed by atoms with E-state index in [4.69, 9.17) is 9.47 Å². The topological polar surface area (TPSA) is 84.9 Å². The molecule has 2 aromatic rings. The number of hydrogen-bond donors (Lipinski definition) is 2. The third kappa shape index (κ3) is 4.25. The number of aromatic hydroxyl groups is 1. The number of hydrogen-bond acceptors (Lipinski definition) is 5. The van der Waals surface area contributed by atoms with Crippen molar-refractivity contribution < 1.29 is 24.2 Å². The Morgan fingerprint density at radius 1 is 1.17 bits per heavy atom. The predicted octanol–water partition coefficient (Wildman–Crippen LogP) is 2.89. The molecule has 2 aromatic carbocycles. The van der Waals surface area contributed by atoms with Gasteiger partial charge in [-0.25, -0.2) is 4.79 Å². The Morgan fingerprint density at radius 2 is 1.92 bits per heavy atom. The van der Waals surface area contributed by atoms with Gasteiger partial charge in [-0.3, -0.25) is 4.79 Å². The number of amides is 1. The molecule has 24 heavy (non-hydrogen) atoms. The predicted molar refractivity (Wildman–Crippen MR) is 89.3 cm³/mol. The van der Waals surface area contributed by atoms with Crippen LogP contribution < -0.4 is 10.1 Å². The Labute approximate surface area is 140 Å². The first-order valence-electron chi connectivity index (χ1n) is 7.36. The number of phenolic OH excluding ortho intramolecular Hbond substituents is 1. The molecule has 0 aliphatic heterocycles. The van der Waals surface area contributed by atoms with E-state index in [2.05, 4.69) is 5.32 Å². The molecule has 6 heteroatoms. The highest BCUT2D eigenvalue weighted by atomic mass is 16.5. The molecule has 0 saturated heterocycles. The maximum atomic E-state index is 12.2. The quantitative estimate of drug-likeness (QED) is 0.824. The smallest absolute Gasteiger partial charge is 0.339 e. The van der Waals surface area contributed by atoms with Crippen molar-refractivity contribution in [3.63, 3.8) is 0 Å². The maximum Gasteiger partial charge on any atom is 0.339 e. The first-order chi connectivity index (χ1) is 11.4. The van der Waals surface area contributed by atoms with E-state index >= 15 is 0 Å². The number of carbonyl (C=O) groups excluding carboxylic acids is 2. The molecule has 0 radical (unpaired) electrons. The van der Waals surface area contributed by atoms with E-state index in [1.165, 1.54) is 38.3 Å². The summed E-state index contributed by atoms with van der Waals surface area (Å²) in [5.74, 6) is -0.705. The molecule has 2 rings (SSSR count). The van der Waals surface area contributed by atoms with Gasteiger partial charge in [0.05, 0.1) is 18.4 Å². The highest BCUT2D eigenvalue weighted by Crippen LogP contribution is 2.25. The molecule has 126 valence electrons. The van der Waals surface area contributed by atoms with Crippen LogP contribution in [0.5, 0.6) is 11.5 Å². The van der Waals surface area contributed by atoms with Crippen molar-refractivity contribution in [2.75, 3.05) is 12.4 Å². The fraction of sp³-hybridized carbons (Fsp3) is 0.222. The molecule has 2 N–H and O–H groups in total. The van der Waals surface area contributed by atoms with Gasteiger partial charge in [0.1, 0.15) is 11.5 Å². The van der Waals surface area contributed by atoms with Crippen LogP contribution in [0.2, 0.25) is 0 Å². The van der Waals surface area contributed by atoms with Crippen molar-refractivity contribution >= 4 is 17.6 Å². The van der Waals surface area contributed by atoms with E-state index in [0.29, 0.717) is 11.4 Å². The Balaban J connectivity index is 2.05. The third-order valence-corrected chi connectivity index (χ3v) is 3.35. The summed E-state index contributed by atoms with van der Waals surface area (Å²) in [6.45, 7) is 3.36. The number of esters is 1. The molecule has 0 unspecified atom stereocenters. The lowest BCUT2D eigenvalue weighted by Crippen LogP contribution is -2.30. The zero-order valence-electron chi connectivity index (χ0n) is 13.7. The molecule has 0 aliphatic rings. The van der Waals surface area contributed by atoms with Gasteiger partial charge in [-0.05, 0) is 49.7 Å². The number of nitrogens with one attached hydrogen (secondary N) is 1. The number of aryl methyl sites for hydroxylation is 1. The first kappa shape index (κ1) is 17.3. The van der Waals surface area contributed by atoms with Crippen LogP contribution in [0.25, 0.3) is 0 Å². The van der Waals surface area contributed by atoms with Crippen molar-refractivity contribution in [1.82, 2.24) is 0 Å². The summed E-state index contributed by atoms with van der Waals surface area (Å²) in [5.41, 5.74) is 1.63. The fourth-order valence-corrected chi connectivity index (χ4v) is 2.07. The Kier molecular flexibility index (Phi) is 5.42. The average molecular weight is 329 g/mol. The van der Waals surface area contributed by atoms with Crippen LogP contribution in [-0.4, -0.2) is 30.2 Å². The summed E-state index contributed by atoms with van der Waals surface area (Å²) in [7, 11) is 1.51. The summed E-state index contributed by atoms with van der Waals surface area (Å²) in [6, 6.07) is 11.1. The minimum Gasteiger partial charge on any atom is -0.508 e. The largest absolute Gasteiger partial charge is 0.508 e. The number of anilines is 1. The van der Waals surface area contributed by atoms with E-state index in [0.717, 1.165) is 5.56 Å². The van der Waals surface area contributed by atoms with E-state index in [1.807, 2.05) is 13.0 Å². The number of rotatable bonds is 5. The molecule has 0 saturated carbocycles. The summed E-state index contributed by atoms with van der Waals surface area (Å²) >= 11 is 0. The van der Waals surface area contributed by atoms with Gasteiger partial charge in [-0.1, -0.05) is 12.1 Å². The molecular formula is C18H19NO5. The van der Waals surface area contributed by atoms with Crippen LogP contribution in [0.4, 0.5) is 5.69 Å². The van der Waals surface area contributed by atoms with Crippen molar-refractivity contribution in [3.05, 3.63) is 53.6 Å². The van der Waals surface area contributed by atoms with E-state index in [1.54, 1.807) is 12.1 Å². The van der Waals surface area contributed by atoms with Gasteiger partial charge >= 0.3 is 5.97 Å². The highest BCUT2D eigenvalue weighted by Gasteiger charge is 2.20. The number of ether oxygens (including phenoxy) is 2. The van der Waals surface area contributed by atoms with Gasteiger partial charge in [0, 0.05) is 0 Å². The maximum absolute atomic E-state index is 12.2. The normalized spacial score (nSPS) is 11.5. The lowest BCUT2D eigenvalue weighted by molar-refractivity contribution is -0.123. The summed E-state index contributed by atoms with van der Waals surface area (Å²) < 4.78 is 10.3. The summed E-state index contributed by atoms with van der Waals surface area (Å²) in [4.78, 5) is 24.2. The molecule has 0 aliphatic carbocycles. The number of benzene rings is 2. The Bertz CT molecular complexity index is 757. The molecule has 0 heterocycles. The number of phenols is 1. The van der Waals surface area contributed by atoms with Crippen molar-refractivity contribution in [2.45, 2.75) is 20.0 Å². The second-order valence-electron chi connectivity index (χ2n) is 5.29. The molecule has 0 bridgehead atoms. The molecule has 0 aromatic heterocycles. The molecule has 1 atom stereocenters. The summed E-state index contributed by atoms with van der Waals surface area (Å²) in [6.07, 6.45) is -1.01. The fourth-order valence-electron chi connectivity index (χ4n) is 2.07. The zero-order valence-corrected chi connectivity index (χ0v) is 13.7. The number of carbonyl (C=O) groups is 2. The Hall–Kier alpha value is -3.02. The third-order valence-electron chi connectivity index (χ3n) is 3.35. The molecular weight excluding hydrogens is 310 g/mol. The zero-order chi connectivity index (χ0) is 17.7. The van der Waals surface area contributed by atoms with Crippen LogP contribution in [0.1, 0.15) is 22.8 Å². The second-order valence-corrected chi connectivity index (χ2v) is 5.29. The van der Waals surface area contributed by atoms with Crippen LogP contribution >= 0.6 is 0 Å². The molecule has 0 fully saturated rings. The minimum absolute atomic E-state index is 0.0500. The van der Waals surface area contributed by atoms with Crippen LogP contribution in [0.15, 0.2) is 42.5 Å². The van der Waals surface area contributed by atoms with Crippen LogP contribution in [0.3, 0.4) is 0 Å². The van der Waals surface area contributed by atoms with Gasteiger partial charge in [0.25, 0.3) is 5.91 Å². The second kappa shape index (κ2) is 7.50. The number of methoxy groups -OCH3 is 1. The highest BCUT2D eigenvalue weighted by molar-refractivity contribution is 5.98. The minimum atomic E-state index is -1.01. The van der Waals surface area contributed by atoms with E-state index < -0.39 is 18.0 Å². The van der Waals surface area contributed by atoms with Gasteiger partial charge < -0.3 is 19.9 Å². The van der Waals surface area contributed by atoms with Gasteiger partial charge in [0.2, 0.25) is 0 Å². The van der Waals surface area contributed by atoms with Gasteiger partial charge in [0.15, 0.2) is 6.10 Å². The standard InChI is InChI=1S/C18H19NO5/c1-11-7-8-16(23-3)15(9-11)19-17(21)12(2)24-18(22)13-5-4-6-14(20)10-13/h4-10,12,20H,1-3H3,(H,19,21)/t12-/m0/s1. The molecule has 0 spiro atoms. The van der Waals surface area contributed by atoms with Crippen LogP contribution in [0, 0.1) is 6.92 Å². The van der Waals surface area contributed by atoms with Crippen LogP contribution in [-0.2, 0) is 9.53 Å². The average Bonchev–Trinajstić information content (AvgIpc) is 2.55. The van der Waals surface area contributed by atoms with Crippen molar-refractivity contribution in [1.29, 1.82) is 0 Å². The monoisotopic (exact) mass is 329 g/mol. The Morgan fingerprint density at radius 3 is 2.58 bits per heavy atom.